The molecule has 3 aromatic rings. The first-order valence-electron chi connectivity index (χ1n) is 8.96. The standard InChI is InChI=1S/C21H21FN2O3S/c22-17-6-7-19-16(12-17)13-18(28-19)14-23-20(26)21(27)24(10-11-25)9-8-15-4-2-1-3-5-15/h1-7,12-13,25H,8-11,14H2,(H,23,26). The van der Waals surface area contributed by atoms with Crippen LogP contribution in [0.25, 0.3) is 10.1 Å². The van der Waals surface area contributed by atoms with E-state index in [1.165, 1.54) is 28.4 Å². The van der Waals surface area contributed by atoms with Gasteiger partial charge in [-0.25, -0.2) is 4.39 Å². The van der Waals surface area contributed by atoms with Crippen LogP contribution in [0.2, 0.25) is 0 Å². The van der Waals surface area contributed by atoms with Crippen LogP contribution in [0.5, 0.6) is 0 Å². The first-order valence-corrected chi connectivity index (χ1v) is 9.78. The SMILES string of the molecule is O=C(NCc1cc2cc(F)ccc2s1)C(=O)N(CCO)CCc1ccccc1. The topological polar surface area (TPSA) is 69.6 Å². The molecule has 1 aromatic heterocycles. The number of aliphatic hydroxyl groups is 1. The van der Waals surface area contributed by atoms with Crippen molar-refractivity contribution in [1.82, 2.24) is 10.2 Å². The fourth-order valence-corrected chi connectivity index (χ4v) is 3.87. The Kier molecular flexibility index (Phi) is 6.73. The molecule has 0 aliphatic carbocycles. The molecule has 5 nitrogen and oxygen atoms in total. The monoisotopic (exact) mass is 400 g/mol. The van der Waals surface area contributed by atoms with Crippen molar-refractivity contribution in [1.29, 1.82) is 0 Å². The smallest absolute Gasteiger partial charge is 0.311 e. The molecule has 7 heteroatoms. The van der Waals surface area contributed by atoms with Gasteiger partial charge in [-0.05, 0) is 41.6 Å². The lowest BCUT2D eigenvalue weighted by Gasteiger charge is -2.21. The van der Waals surface area contributed by atoms with Crippen molar-refractivity contribution in [3.63, 3.8) is 0 Å². The van der Waals surface area contributed by atoms with E-state index in [-0.39, 0.29) is 25.5 Å². The second-order valence-corrected chi connectivity index (χ2v) is 7.50. The number of thiophene rings is 1. The third-order valence-electron chi connectivity index (χ3n) is 4.32. The van der Waals surface area contributed by atoms with E-state index in [0.717, 1.165) is 20.5 Å². The lowest BCUT2D eigenvalue weighted by atomic mass is 10.1. The summed E-state index contributed by atoms with van der Waals surface area (Å²) in [5, 5.41) is 12.6. The number of hydrogen-bond acceptors (Lipinski definition) is 4. The maximum absolute atomic E-state index is 13.3. The number of carbonyl (C=O) groups excluding carboxylic acids is 2. The summed E-state index contributed by atoms with van der Waals surface area (Å²) in [6, 6.07) is 16.0. The zero-order valence-corrected chi connectivity index (χ0v) is 16.0. The van der Waals surface area contributed by atoms with Gasteiger partial charge in [0.15, 0.2) is 0 Å². The highest BCUT2D eigenvalue weighted by Crippen LogP contribution is 2.26. The summed E-state index contributed by atoms with van der Waals surface area (Å²) >= 11 is 1.44. The number of fused-ring (bicyclic) bond motifs is 1. The maximum atomic E-state index is 13.3. The maximum Gasteiger partial charge on any atom is 0.311 e. The summed E-state index contributed by atoms with van der Waals surface area (Å²) in [6.07, 6.45) is 0.599. The van der Waals surface area contributed by atoms with E-state index >= 15 is 0 Å². The molecule has 1 heterocycles. The van der Waals surface area contributed by atoms with Crippen LogP contribution in [0, 0.1) is 5.82 Å². The average Bonchev–Trinajstić information content (AvgIpc) is 3.11. The van der Waals surface area contributed by atoms with Gasteiger partial charge in [0, 0.05) is 22.7 Å². The number of carbonyl (C=O) groups is 2. The van der Waals surface area contributed by atoms with Crippen LogP contribution in [0.1, 0.15) is 10.4 Å². The number of halogens is 1. The van der Waals surface area contributed by atoms with Gasteiger partial charge in [-0.3, -0.25) is 9.59 Å². The number of benzene rings is 2. The number of hydrogen-bond donors (Lipinski definition) is 2. The van der Waals surface area contributed by atoms with Gasteiger partial charge < -0.3 is 15.3 Å². The molecular formula is C21H21FN2O3S. The Balaban J connectivity index is 1.57. The Bertz CT molecular complexity index is 959. The second-order valence-electron chi connectivity index (χ2n) is 6.33. The first-order chi connectivity index (χ1) is 13.6. The van der Waals surface area contributed by atoms with Crippen LogP contribution in [0.15, 0.2) is 54.6 Å². The van der Waals surface area contributed by atoms with Gasteiger partial charge in [-0.15, -0.1) is 11.3 Å². The molecule has 2 amide bonds. The van der Waals surface area contributed by atoms with Crippen molar-refractivity contribution in [3.05, 3.63) is 70.9 Å². The summed E-state index contributed by atoms with van der Waals surface area (Å²) in [5.41, 5.74) is 1.05. The first kappa shape index (κ1) is 20.0. The fraction of sp³-hybridized carbons (Fsp3) is 0.238. The molecule has 3 rings (SSSR count). The van der Waals surface area contributed by atoms with Crippen LogP contribution in [0.4, 0.5) is 4.39 Å². The third kappa shape index (κ3) is 5.15. The van der Waals surface area contributed by atoms with Crippen molar-refractivity contribution in [2.75, 3.05) is 19.7 Å². The van der Waals surface area contributed by atoms with Crippen LogP contribution in [-0.4, -0.2) is 41.5 Å². The molecule has 0 spiro atoms. The highest BCUT2D eigenvalue weighted by molar-refractivity contribution is 7.19. The zero-order chi connectivity index (χ0) is 19.9. The highest BCUT2D eigenvalue weighted by atomic mass is 32.1. The van der Waals surface area contributed by atoms with Crippen LogP contribution in [0.3, 0.4) is 0 Å². The van der Waals surface area contributed by atoms with Gasteiger partial charge in [-0.1, -0.05) is 30.3 Å². The van der Waals surface area contributed by atoms with Crippen molar-refractivity contribution in [3.8, 4) is 0 Å². The Hall–Kier alpha value is -2.77. The molecule has 0 fully saturated rings. The predicted molar refractivity (Wildman–Crippen MR) is 107 cm³/mol. The molecule has 28 heavy (non-hydrogen) atoms. The Morgan fingerprint density at radius 2 is 1.86 bits per heavy atom. The molecule has 0 saturated carbocycles. The van der Waals surface area contributed by atoms with Crippen LogP contribution < -0.4 is 5.32 Å². The summed E-state index contributed by atoms with van der Waals surface area (Å²) in [6.45, 7) is 0.424. The summed E-state index contributed by atoms with van der Waals surface area (Å²) in [7, 11) is 0. The minimum atomic E-state index is -0.717. The average molecular weight is 400 g/mol. The van der Waals surface area contributed by atoms with E-state index in [0.29, 0.717) is 13.0 Å². The summed E-state index contributed by atoms with van der Waals surface area (Å²) in [5.74, 6) is -1.70. The predicted octanol–water partition coefficient (Wildman–Crippen LogP) is 2.72. The van der Waals surface area contributed by atoms with E-state index in [1.807, 2.05) is 30.3 Å². The normalized spacial score (nSPS) is 10.8. The van der Waals surface area contributed by atoms with Gasteiger partial charge in [0.2, 0.25) is 0 Å². The van der Waals surface area contributed by atoms with Gasteiger partial charge >= 0.3 is 11.8 Å². The molecule has 0 aliphatic rings. The second kappa shape index (κ2) is 9.43. The van der Waals surface area contributed by atoms with Gasteiger partial charge in [-0.2, -0.15) is 0 Å². The lowest BCUT2D eigenvalue weighted by molar-refractivity contribution is -0.146. The van der Waals surface area contributed by atoms with Gasteiger partial charge in [0.05, 0.1) is 13.2 Å². The van der Waals surface area contributed by atoms with E-state index in [9.17, 15) is 19.1 Å². The van der Waals surface area contributed by atoms with Crippen LogP contribution in [-0.2, 0) is 22.6 Å². The molecular weight excluding hydrogens is 379 g/mol. The molecule has 0 aliphatic heterocycles. The van der Waals surface area contributed by atoms with Crippen molar-refractivity contribution in [2.24, 2.45) is 0 Å². The number of aliphatic hydroxyl groups excluding tert-OH is 1. The molecule has 2 aromatic carbocycles. The quantitative estimate of drug-likeness (QED) is 0.599. The third-order valence-corrected chi connectivity index (χ3v) is 5.43. The largest absolute Gasteiger partial charge is 0.395 e. The Morgan fingerprint density at radius 3 is 2.61 bits per heavy atom. The fourth-order valence-electron chi connectivity index (χ4n) is 2.89. The number of nitrogens with one attached hydrogen (secondary N) is 1. The molecule has 2 N–H and O–H groups in total. The Morgan fingerprint density at radius 1 is 1.07 bits per heavy atom. The molecule has 0 unspecified atom stereocenters. The summed E-state index contributed by atoms with van der Waals surface area (Å²) < 4.78 is 14.2. The molecule has 146 valence electrons. The van der Waals surface area contributed by atoms with Crippen molar-refractivity contribution >= 4 is 33.2 Å². The number of rotatable bonds is 7. The van der Waals surface area contributed by atoms with Gasteiger partial charge in [0.1, 0.15) is 5.82 Å². The zero-order valence-electron chi connectivity index (χ0n) is 15.2. The highest BCUT2D eigenvalue weighted by Gasteiger charge is 2.21. The molecule has 0 atom stereocenters. The number of nitrogens with zero attached hydrogens (tertiary/aromatic N) is 1. The van der Waals surface area contributed by atoms with E-state index in [4.69, 9.17) is 0 Å². The lowest BCUT2D eigenvalue weighted by Crippen LogP contribution is -2.44. The molecule has 0 radical (unpaired) electrons. The Labute approximate surface area is 166 Å². The number of amides is 2. The van der Waals surface area contributed by atoms with Crippen molar-refractivity contribution in [2.45, 2.75) is 13.0 Å². The van der Waals surface area contributed by atoms with E-state index < -0.39 is 11.8 Å². The minimum absolute atomic E-state index is 0.0985. The minimum Gasteiger partial charge on any atom is -0.395 e. The van der Waals surface area contributed by atoms with E-state index in [2.05, 4.69) is 5.32 Å². The molecule has 0 saturated heterocycles. The van der Waals surface area contributed by atoms with E-state index in [1.54, 1.807) is 12.1 Å². The summed E-state index contributed by atoms with van der Waals surface area (Å²) in [4.78, 5) is 26.9. The van der Waals surface area contributed by atoms with Crippen LogP contribution >= 0.6 is 11.3 Å². The molecule has 0 bridgehead atoms. The van der Waals surface area contributed by atoms with Crippen molar-refractivity contribution < 1.29 is 19.1 Å². The van der Waals surface area contributed by atoms with Gasteiger partial charge in [0.25, 0.3) is 0 Å².